The molecule has 27 heavy (non-hydrogen) atoms. The summed E-state index contributed by atoms with van der Waals surface area (Å²) in [6.45, 7) is 5.73. The molecule has 0 fully saturated rings. The summed E-state index contributed by atoms with van der Waals surface area (Å²) in [4.78, 5) is 22.9. The van der Waals surface area contributed by atoms with Crippen molar-refractivity contribution in [2.75, 3.05) is 7.11 Å². The van der Waals surface area contributed by atoms with E-state index in [0.717, 1.165) is 32.7 Å². The zero-order valence-corrected chi connectivity index (χ0v) is 16.5. The van der Waals surface area contributed by atoms with Crippen LogP contribution in [0.4, 0.5) is 0 Å². The van der Waals surface area contributed by atoms with Gasteiger partial charge >= 0.3 is 5.97 Å². The molecule has 3 N–H and O–H groups in total. The first-order chi connectivity index (χ1) is 12.9. The van der Waals surface area contributed by atoms with Crippen molar-refractivity contribution in [3.63, 3.8) is 0 Å². The lowest BCUT2D eigenvalue weighted by Gasteiger charge is -2.25. The minimum absolute atomic E-state index is 0.0559. The second kappa shape index (κ2) is 10.7. The Morgan fingerprint density at radius 2 is 2.04 bits per heavy atom. The largest absolute Gasteiger partial charge is 0.507 e. The lowest BCUT2D eigenvalue weighted by atomic mass is 9.83. The predicted octanol–water partition coefficient (Wildman–Crippen LogP) is 3.83. The van der Waals surface area contributed by atoms with Gasteiger partial charge in [0.2, 0.25) is 0 Å². The van der Waals surface area contributed by atoms with Gasteiger partial charge in [0.05, 0.1) is 6.10 Å². The molecule has 0 spiro atoms. The number of aromatic hydroxyl groups is 1. The number of carbonyl (C=O) groups excluding carboxylic acids is 1. The van der Waals surface area contributed by atoms with Crippen LogP contribution in [-0.2, 0) is 11.2 Å². The van der Waals surface area contributed by atoms with Gasteiger partial charge in [-0.2, -0.15) is 0 Å². The van der Waals surface area contributed by atoms with Gasteiger partial charge in [-0.1, -0.05) is 19.4 Å². The second-order valence-corrected chi connectivity index (χ2v) is 6.75. The first-order valence-electron chi connectivity index (χ1n) is 9.28. The Morgan fingerprint density at radius 1 is 1.37 bits per heavy atom. The van der Waals surface area contributed by atoms with Crippen LogP contribution >= 0.6 is 0 Å². The maximum Gasteiger partial charge on any atom is 0.339 e. The van der Waals surface area contributed by atoms with Gasteiger partial charge in [0.1, 0.15) is 23.3 Å². The number of carbonyl (C=O) groups is 2. The number of aliphatic hydroxyl groups excluding tert-OH is 1. The molecule has 1 aromatic carbocycles. The number of ether oxygens (including phenoxy) is 1. The van der Waals surface area contributed by atoms with E-state index in [0.29, 0.717) is 35.3 Å². The number of hydrogen-bond donors (Lipinski definition) is 3. The number of hydrogen-bond acceptors (Lipinski definition) is 5. The molecule has 0 heterocycles. The highest BCUT2D eigenvalue weighted by molar-refractivity contribution is 5.94. The van der Waals surface area contributed by atoms with E-state index in [-0.39, 0.29) is 23.3 Å². The van der Waals surface area contributed by atoms with Crippen LogP contribution in [0.3, 0.4) is 0 Å². The maximum absolute atomic E-state index is 11.7. The van der Waals surface area contributed by atoms with Crippen molar-refractivity contribution in [3.05, 3.63) is 34.4 Å². The summed E-state index contributed by atoms with van der Waals surface area (Å²) in [5.41, 5.74) is 1.67. The van der Waals surface area contributed by atoms with Crippen molar-refractivity contribution in [2.45, 2.75) is 64.9 Å². The molecule has 0 saturated heterocycles. The number of carboxylic acid groups (broad SMARTS) is 1. The van der Waals surface area contributed by atoms with Gasteiger partial charge in [0.15, 0.2) is 0 Å². The number of aryl methyl sites for hydroxylation is 1. The Kier molecular flexibility index (Phi) is 9.02. The van der Waals surface area contributed by atoms with Gasteiger partial charge in [0.25, 0.3) is 0 Å². The number of benzene rings is 1. The quantitative estimate of drug-likeness (QED) is 0.623. The molecule has 2 rings (SSSR count). The molecule has 6 nitrogen and oxygen atoms in total. The van der Waals surface area contributed by atoms with Crippen LogP contribution in [-0.4, -0.2) is 40.8 Å². The van der Waals surface area contributed by atoms with E-state index in [2.05, 4.69) is 0 Å². The fourth-order valence-corrected chi connectivity index (χ4v) is 3.40. The van der Waals surface area contributed by atoms with Crippen LogP contribution in [0.2, 0.25) is 0 Å². The highest BCUT2D eigenvalue weighted by Gasteiger charge is 2.28. The zero-order valence-electron chi connectivity index (χ0n) is 16.5. The summed E-state index contributed by atoms with van der Waals surface area (Å²) in [6.07, 6.45) is 6.12. The topological polar surface area (TPSA) is 104 Å². The van der Waals surface area contributed by atoms with E-state index in [9.17, 15) is 19.8 Å². The molecule has 0 bridgehead atoms. The van der Waals surface area contributed by atoms with E-state index in [1.165, 1.54) is 0 Å². The maximum atomic E-state index is 11.7. The number of rotatable bonds is 7. The van der Waals surface area contributed by atoms with Crippen molar-refractivity contribution in [3.8, 4) is 11.5 Å². The smallest absolute Gasteiger partial charge is 0.339 e. The summed E-state index contributed by atoms with van der Waals surface area (Å²) in [5, 5.41) is 27.4. The monoisotopic (exact) mass is 378 g/mol. The van der Waals surface area contributed by atoms with Crippen molar-refractivity contribution < 1.29 is 29.6 Å². The minimum Gasteiger partial charge on any atom is -0.507 e. The number of aromatic carboxylic acids is 1. The first kappa shape index (κ1) is 22.7. The van der Waals surface area contributed by atoms with Gasteiger partial charge in [-0.05, 0) is 56.7 Å². The molecular weight excluding hydrogens is 348 g/mol. The van der Waals surface area contributed by atoms with Crippen molar-refractivity contribution in [1.82, 2.24) is 0 Å². The predicted molar refractivity (Wildman–Crippen MR) is 104 cm³/mol. The Balaban J connectivity index is 0.00000176. The van der Waals surface area contributed by atoms with Gasteiger partial charge < -0.3 is 20.1 Å². The minimum atomic E-state index is -1.14. The number of allylic oxidation sites excluding steroid dienone is 2. The number of carboxylic acids is 1. The van der Waals surface area contributed by atoms with Gasteiger partial charge in [-0.15, -0.1) is 0 Å². The normalized spacial score (nSPS) is 16.2. The molecule has 0 aliphatic heterocycles. The first-order valence-corrected chi connectivity index (χ1v) is 9.28. The molecule has 0 radical (unpaired) electrons. The Morgan fingerprint density at radius 3 is 2.56 bits per heavy atom. The summed E-state index contributed by atoms with van der Waals surface area (Å²) >= 11 is 0. The molecule has 0 amide bonds. The second-order valence-electron chi connectivity index (χ2n) is 6.75. The Bertz CT molecular complexity index is 690. The Labute approximate surface area is 160 Å². The molecule has 150 valence electrons. The number of aldehydes is 1. The van der Waals surface area contributed by atoms with Gasteiger partial charge in [-0.3, -0.25) is 4.79 Å². The fraction of sp³-hybridized carbons (Fsp3) is 0.524. The van der Waals surface area contributed by atoms with Crippen LogP contribution in [0.25, 0.3) is 0 Å². The highest BCUT2D eigenvalue weighted by Crippen LogP contribution is 2.44. The van der Waals surface area contributed by atoms with Crippen LogP contribution in [0.15, 0.2) is 17.7 Å². The molecule has 1 aromatic rings. The summed E-state index contributed by atoms with van der Waals surface area (Å²) < 4.78 is 5.90. The SMILES string of the molecule is CCCc1cc(OC(C)C)c(C2C=C(C=O)CCC2)c(O)c1C(=O)O.CO. The van der Waals surface area contributed by atoms with E-state index in [1.807, 2.05) is 26.8 Å². The average Bonchev–Trinajstić information content (AvgIpc) is 2.63. The van der Waals surface area contributed by atoms with Crippen molar-refractivity contribution >= 4 is 12.3 Å². The van der Waals surface area contributed by atoms with Crippen LogP contribution < -0.4 is 4.74 Å². The highest BCUT2D eigenvalue weighted by atomic mass is 16.5. The fourth-order valence-electron chi connectivity index (χ4n) is 3.40. The van der Waals surface area contributed by atoms with Crippen LogP contribution in [0.5, 0.6) is 11.5 Å². The molecule has 1 aliphatic carbocycles. The summed E-state index contributed by atoms with van der Waals surface area (Å²) in [6, 6.07) is 1.74. The third-order valence-electron chi connectivity index (χ3n) is 4.40. The van der Waals surface area contributed by atoms with E-state index in [1.54, 1.807) is 6.07 Å². The third-order valence-corrected chi connectivity index (χ3v) is 4.40. The zero-order chi connectivity index (χ0) is 20.6. The van der Waals surface area contributed by atoms with Gasteiger partial charge in [-0.25, -0.2) is 4.79 Å². The number of phenols is 1. The summed E-state index contributed by atoms with van der Waals surface area (Å²) in [5.74, 6) is -1.10. The van der Waals surface area contributed by atoms with Gasteiger partial charge in [0, 0.05) is 18.6 Å². The lowest BCUT2D eigenvalue weighted by Crippen LogP contribution is -2.14. The van der Waals surface area contributed by atoms with Crippen LogP contribution in [0, 0.1) is 0 Å². The summed E-state index contributed by atoms with van der Waals surface area (Å²) in [7, 11) is 1.00. The molecule has 0 saturated carbocycles. The molecule has 0 aromatic heterocycles. The van der Waals surface area contributed by atoms with Crippen molar-refractivity contribution in [2.24, 2.45) is 0 Å². The molecule has 1 atom stereocenters. The van der Waals surface area contributed by atoms with Crippen LogP contribution in [0.1, 0.15) is 73.9 Å². The lowest BCUT2D eigenvalue weighted by molar-refractivity contribution is -0.105. The third kappa shape index (κ3) is 5.57. The Hall–Kier alpha value is -2.34. The van der Waals surface area contributed by atoms with E-state index in [4.69, 9.17) is 9.84 Å². The molecule has 1 unspecified atom stereocenters. The van der Waals surface area contributed by atoms with E-state index >= 15 is 0 Å². The molecule has 1 aliphatic rings. The van der Waals surface area contributed by atoms with E-state index < -0.39 is 5.97 Å². The van der Waals surface area contributed by atoms with Crippen molar-refractivity contribution in [1.29, 1.82) is 0 Å². The molecule has 6 heteroatoms. The molecular formula is C21H30O6. The average molecular weight is 378 g/mol. The number of aliphatic hydroxyl groups is 1. The standard InChI is InChI=1S/C20H26O5.CH4O/c1-4-6-14-10-16(25-12(2)3)17(19(22)18(14)20(23)24)15-8-5-7-13(9-15)11-21;1-2/h9-12,15,22H,4-8H2,1-3H3,(H,23,24);2H,1H3.